The van der Waals surface area contributed by atoms with E-state index in [-0.39, 0.29) is 17.1 Å². The zero-order valence-corrected chi connectivity index (χ0v) is 16.0. The maximum Gasteiger partial charge on any atom is 0.344 e. The second-order valence-corrected chi connectivity index (χ2v) is 12.9. The Labute approximate surface area is 143 Å². The van der Waals surface area contributed by atoms with Crippen molar-refractivity contribution in [3.63, 3.8) is 0 Å². The normalized spacial score (nSPS) is 21.5. The summed E-state index contributed by atoms with van der Waals surface area (Å²) < 4.78 is 8.00. The summed E-state index contributed by atoms with van der Waals surface area (Å²) >= 11 is 0. The van der Waals surface area contributed by atoms with Gasteiger partial charge in [0.05, 0.1) is 31.1 Å². The van der Waals surface area contributed by atoms with Gasteiger partial charge in [0.2, 0.25) is 0 Å². The van der Waals surface area contributed by atoms with Crippen LogP contribution in [0.3, 0.4) is 0 Å². The van der Waals surface area contributed by atoms with Gasteiger partial charge in [0.15, 0.2) is 8.32 Å². The van der Waals surface area contributed by atoms with E-state index in [0.717, 1.165) is 16.3 Å². The molecule has 7 nitrogen and oxygen atoms in total. The molecule has 8 heteroatoms. The van der Waals surface area contributed by atoms with E-state index in [0.29, 0.717) is 19.7 Å². The average Bonchev–Trinajstić information content (AvgIpc) is 3.05. The van der Waals surface area contributed by atoms with Crippen LogP contribution < -0.4 is 0 Å². The molecule has 3 rings (SSSR count). The highest BCUT2D eigenvalue weighted by Crippen LogP contribution is 2.37. The molecule has 1 atom stereocenters. The summed E-state index contributed by atoms with van der Waals surface area (Å²) in [6.45, 7) is 12.6. The second-order valence-electron chi connectivity index (χ2n) is 8.08. The number of nitrogens with zero attached hydrogens (tertiary/aromatic N) is 4. The summed E-state index contributed by atoms with van der Waals surface area (Å²) in [4.78, 5) is 13.4. The highest BCUT2D eigenvalue weighted by molar-refractivity contribution is 6.74. The van der Waals surface area contributed by atoms with Crippen molar-refractivity contribution in [3.05, 3.63) is 24.0 Å². The Balaban J connectivity index is 1.69. The van der Waals surface area contributed by atoms with E-state index in [1.807, 2.05) is 12.3 Å². The van der Waals surface area contributed by atoms with Crippen molar-refractivity contribution >= 4 is 20.0 Å². The largest absolute Gasteiger partial charge is 0.412 e. The molecule has 0 aliphatic carbocycles. The number of amides is 2. The minimum atomic E-state index is -1.79. The number of urea groups is 1. The Morgan fingerprint density at radius 2 is 2.12 bits per heavy atom. The van der Waals surface area contributed by atoms with Crippen molar-refractivity contribution in [1.29, 1.82) is 0 Å². The highest BCUT2D eigenvalue weighted by Gasteiger charge is 2.40. The summed E-state index contributed by atoms with van der Waals surface area (Å²) in [5.74, 6) is 0. The molecule has 1 N–H and O–H groups in total. The van der Waals surface area contributed by atoms with Crippen LogP contribution in [0.1, 0.15) is 26.3 Å². The number of carbonyl (C=O) groups is 1. The van der Waals surface area contributed by atoms with Gasteiger partial charge in [-0.05, 0) is 24.2 Å². The third-order valence-electron chi connectivity index (χ3n) is 5.26. The van der Waals surface area contributed by atoms with Crippen LogP contribution in [0, 0.1) is 0 Å². The molecular weight excluding hydrogens is 324 g/mol. The molecule has 2 aliphatic rings. The van der Waals surface area contributed by atoms with E-state index in [1.54, 1.807) is 15.8 Å². The molecule has 0 spiro atoms. The molecule has 132 valence electrons. The first-order valence-electron chi connectivity index (χ1n) is 8.24. The van der Waals surface area contributed by atoms with Crippen LogP contribution in [0.5, 0.6) is 0 Å². The van der Waals surface area contributed by atoms with E-state index < -0.39 is 8.32 Å². The molecule has 1 unspecified atom stereocenters. The molecule has 1 fully saturated rings. The molecule has 2 amide bonds. The molecule has 0 aromatic carbocycles. The molecule has 0 radical (unpaired) electrons. The lowest BCUT2D eigenvalue weighted by Gasteiger charge is -2.36. The van der Waals surface area contributed by atoms with Gasteiger partial charge in [0, 0.05) is 18.3 Å². The van der Waals surface area contributed by atoms with E-state index >= 15 is 0 Å². The summed E-state index contributed by atoms with van der Waals surface area (Å²) in [6, 6.07) is -0.641. The number of fused-ring (bicyclic) bond motifs is 2. The number of rotatable bonds is 4. The van der Waals surface area contributed by atoms with Gasteiger partial charge >= 0.3 is 6.03 Å². The predicted octanol–water partition coefficient (Wildman–Crippen LogP) is 2.75. The minimum absolute atomic E-state index is 0.173. The van der Waals surface area contributed by atoms with E-state index in [4.69, 9.17) is 4.43 Å². The fraction of sp³-hybridized carbons (Fsp3) is 0.625. The zero-order chi connectivity index (χ0) is 17.7. The number of aromatic nitrogens is 2. The van der Waals surface area contributed by atoms with Crippen molar-refractivity contribution in [3.8, 4) is 0 Å². The molecule has 24 heavy (non-hydrogen) atoms. The summed E-state index contributed by atoms with van der Waals surface area (Å²) in [5.41, 5.74) is 1.91. The summed E-state index contributed by atoms with van der Waals surface area (Å²) in [6.07, 6.45) is 5.64. The Kier molecular flexibility index (Phi) is 4.09. The van der Waals surface area contributed by atoms with Crippen LogP contribution >= 0.6 is 0 Å². The molecule has 3 heterocycles. The van der Waals surface area contributed by atoms with Gasteiger partial charge in [-0.3, -0.25) is 5.21 Å². The minimum Gasteiger partial charge on any atom is -0.412 e. The second kappa shape index (κ2) is 5.71. The Morgan fingerprint density at radius 3 is 2.75 bits per heavy atom. The Hall–Kier alpha value is -1.64. The SMILES string of the molecule is CC(C)(C)[Si](C)(C)OCc1cnn(C2=CC3CN(C2)C(=O)N3O)c1. The highest BCUT2D eigenvalue weighted by atomic mass is 28.4. The maximum absolute atomic E-state index is 11.8. The van der Waals surface area contributed by atoms with Gasteiger partial charge in [0.1, 0.15) is 0 Å². The molecule has 1 aromatic rings. The van der Waals surface area contributed by atoms with Gasteiger partial charge in [-0.1, -0.05) is 20.8 Å². The van der Waals surface area contributed by atoms with E-state index in [2.05, 4.69) is 39.0 Å². The van der Waals surface area contributed by atoms with Gasteiger partial charge in [-0.15, -0.1) is 0 Å². The molecule has 2 aliphatic heterocycles. The van der Waals surface area contributed by atoms with Crippen LogP contribution in [0.2, 0.25) is 18.1 Å². The quantitative estimate of drug-likeness (QED) is 0.669. The van der Waals surface area contributed by atoms with Gasteiger partial charge in [0.25, 0.3) is 0 Å². The van der Waals surface area contributed by atoms with Crippen molar-refractivity contribution < 1.29 is 14.4 Å². The van der Waals surface area contributed by atoms with Gasteiger partial charge in [-0.2, -0.15) is 10.2 Å². The van der Waals surface area contributed by atoms with Crippen molar-refractivity contribution in [1.82, 2.24) is 19.7 Å². The Bertz CT molecular complexity index is 677. The number of hydrogen-bond donors (Lipinski definition) is 1. The standard InChI is InChI=1S/C16H26N4O3Si/c1-16(2,3)24(4,5)23-11-12-7-17-19(8-12)13-6-14-10-18(9-13)15(21)20(14)22/h6-8,14,22H,9-11H2,1-5H3. The monoisotopic (exact) mass is 350 g/mol. The van der Waals surface area contributed by atoms with E-state index in [9.17, 15) is 10.0 Å². The fourth-order valence-corrected chi connectivity index (χ4v) is 3.58. The predicted molar refractivity (Wildman–Crippen MR) is 92.9 cm³/mol. The first kappa shape index (κ1) is 17.2. The fourth-order valence-electron chi connectivity index (χ4n) is 2.61. The molecule has 0 saturated carbocycles. The van der Waals surface area contributed by atoms with Crippen molar-refractivity contribution in [2.45, 2.75) is 51.6 Å². The third kappa shape index (κ3) is 3.01. The number of hydroxylamine groups is 2. The lowest BCUT2D eigenvalue weighted by atomic mass is 10.2. The number of carbonyl (C=O) groups excluding carboxylic acids is 1. The van der Waals surface area contributed by atoms with Gasteiger partial charge < -0.3 is 9.33 Å². The topological polar surface area (TPSA) is 70.8 Å². The van der Waals surface area contributed by atoms with E-state index in [1.165, 1.54) is 0 Å². The third-order valence-corrected chi connectivity index (χ3v) is 9.74. The first-order chi connectivity index (χ1) is 11.1. The smallest absolute Gasteiger partial charge is 0.344 e. The molecule has 1 saturated heterocycles. The summed E-state index contributed by atoms with van der Waals surface area (Å²) in [5, 5.41) is 15.1. The Morgan fingerprint density at radius 1 is 1.42 bits per heavy atom. The van der Waals surface area contributed by atoms with Crippen LogP contribution in [-0.4, -0.2) is 58.4 Å². The van der Waals surface area contributed by atoms with Crippen molar-refractivity contribution in [2.75, 3.05) is 13.1 Å². The van der Waals surface area contributed by atoms with Crippen LogP contribution in [0.25, 0.3) is 5.70 Å². The van der Waals surface area contributed by atoms with Crippen LogP contribution in [0.15, 0.2) is 18.5 Å². The molecule has 2 bridgehead atoms. The van der Waals surface area contributed by atoms with Gasteiger partial charge in [-0.25, -0.2) is 9.48 Å². The lowest BCUT2D eigenvalue weighted by Crippen LogP contribution is -2.40. The first-order valence-corrected chi connectivity index (χ1v) is 11.1. The average molecular weight is 350 g/mol. The van der Waals surface area contributed by atoms with Crippen LogP contribution in [0.4, 0.5) is 4.79 Å². The summed E-state index contributed by atoms with van der Waals surface area (Å²) in [7, 11) is -1.79. The number of hydrogen-bond acceptors (Lipinski definition) is 4. The van der Waals surface area contributed by atoms with Crippen molar-refractivity contribution in [2.24, 2.45) is 0 Å². The molecule has 1 aromatic heterocycles. The molecular formula is C16H26N4O3Si. The maximum atomic E-state index is 11.8. The lowest BCUT2D eigenvalue weighted by molar-refractivity contribution is -0.0450. The van der Waals surface area contributed by atoms with Crippen LogP contribution in [-0.2, 0) is 11.0 Å². The zero-order valence-electron chi connectivity index (χ0n) is 15.0.